The van der Waals surface area contributed by atoms with Crippen LogP contribution in [0.15, 0.2) is 6.33 Å². The summed E-state index contributed by atoms with van der Waals surface area (Å²) in [5.74, 6) is 4.13. The van der Waals surface area contributed by atoms with Gasteiger partial charge in [0.25, 0.3) is 0 Å². The molecular formula is C15H26N4. The van der Waals surface area contributed by atoms with E-state index in [0.717, 1.165) is 49.5 Å². The Morgan fingerprint density at radius 1 is 1.32 bits per heavy atom. The standard InChI is InChI=1S/C15H26N4/c1-3-5-19-15(17-10-18-19)9-14(16-4-2)13-7-11-6-12(11)8-13/h10-14,16H,3-9H2,1-2H3. The average Bonchev–Trinajstić information content (AvgIpc) is 2.83. The second-order valence-corrected chi connectivity index (χ2v) is 6.26. The molecule has 106 valence electrons. The summed E-state index contributed by atoms with van der Waals surface area (Å²) in [5, 5.41) is 8.04. The molecule has 2 fully saturated rings. The predicted molar refractivity (Wildman–Crippen MR) is 75.8 cm³/mol. The maximum absolute atomic E-state index is 4.47. The summed E-state index contributed by atoms with van der Waals surface area (Å²) >= 11 is 0. The molecule has 3 rings (SSSR count). The summed E-state index contributed by atoms with van der Waals surface area (Å²) in [6.45, 7) is 6.44. The van der Waals surface area contributed by atoms with E-state index in [2.05, 4.69) is 33.9 Å². The minimum absolute atomic E-state index is 0.595. The fourth-order valence-corrected chi connectivity index (χ4v) is 3.80. The highest BCUT2D eigenvalue weighted by Crippen LogP contribution is 2.55. The van der Waals surface area contributed by atoms with E-state index < -0.39 is 0 Å². The zero-order valence-corrected chi connectivity index (χ0v) is 12.2. The van der Waals surface area contributed by atoms with Gasteiger partial charge in [-0.1, -0.05) is 13.8 Å². The Labute approximate surface area is 116 Å². The fourth-order valence-electron chi connectivity index (χ4n) is 3.80. The largest absolute Gasteiger partial charge is 0.314 e. The van der Waals surface area contributed by atoms with Crippen molar-refractivity contribution in [2.75, 3.05) is 6.54 Å². The van der Waals surface area contributed by atoms with Gasteiger partial charge in [-0.2, -0.15) is 5.10 Å². The van der Waals surface area contributed by atoms with Crippen LogP contribution in [0.3, 0.4) is 0 Å². The number of aryl methyl sites for hydroxylation is 1. The Bertz CT molecular complexity index is 404. The predicted octanol–water partition coefficient (Wildman–Crippen LogP) is 2.25. The van der Waals surface area contributed by atoms with Gasteiger partial charge in [0.1, 0.15) is 12.2 Å². The Morgan fingerprint density at radius 2 is 2.11 bits per heavy atom. The normalized spacial score (nSPS) is 30.3. The third-order valence-electron chi connectivity index (χ3n) is 4.85. The highest BCUT2D eigenvalue weighted by atomic mass is 15.3. The third kappa shape index (κ3) is 2.83. The smallest absolute Gasteiger partial charge is 0.138 e. The number of aromatic nitrogens is 3. The number of fused-ring (bicyclic) bond motifs is 1. The number of hydrogen-bond acceptors (Lipinski definition) is 3. The average molecular weight is 262 g/mol. The molecule has 2 aliphatic rings. The summed E-state index contributed by atoms with van der Waals surface area (Å²) in [6.07, 6.45) is 8.24. The number of likely N-dealkylation sites (N-methyl/N-ethyl adjacent to an activating group) is 1. The molecular weight excluding hydrogens is 236 g/mol. The molecule has 19 heavy (non-hydrogen) atoms. The first kappa shape index (κ1) is 13.1. The number of nitrogens with one attached hydrogen (secondary N) is 1. The van der Waals surface area contributed by atoms with Crippen LogP contribution in [0.2, 0.25) is 0 Å². The van der Waals surface area contributed by atoms with Crippen LogP contribution in [0.25, 0.3) is 0 Å². The number of hydrogen-bond donors (Lipinski definition) is 1. The van der Waals surface area contributed by atoms with Gasteiger partial charge in [0.15, 0.2) is 0 Å². The minimum Gasteiger partial charge on any atom is -0.314 e. The van der Waals surface area contributed by atoms with Gasteiger partial charge in [-0.25, -0.2) is 4.98 Å². The monoisotopic (exact) mass is 262 g/mol. The summed E-state index contributed by atoms with van der Waals surface area (Å²) in [6, 6.07) is 0.595. The summed E-state index contributed by atoms with van der Waals surface area (Å²) in [5.41, 5.74) is 0. The van der Waals surface area contributed by atoms with Crippen molar-refractivity contribution in [1.29, 1.82) is 0 Å². The molecule has 4 nitrogen and oxygen atoms in total. The van der Waals surface area contributed by atoms with E-state index in [1.54, 1.807) is 6.33 Å². The fraction of sp³-hybridized carbons (Fsp3) is 0.867. The van der Waals surface area contributed by atoms with Gasteiger partial charge < -0.3 is 5.32 Å². The van der Waals surface area contributed by atoms with Gasteiger partial charge in [0.2, 0.25) is 0 Å². The first-order valence-corrected chi connectivity index (χ1v) is 7.91. The molecule has 0 amide bonds. The first-order chi connectivity index (χ1) is 9.31. The van der Waals surface area contributed by atoms with E-state index in [1.807, 2.05) is 0 Å². The molecule has 2 saturated carbocycles. The molecule has 2 aliphatic carbocycles. The second-order valence-electron chi connectivity index (χ2n) is 6.26. The van der Waals surface area contributed by atoms with Crippen LogP contribution >= 0.6 is 0 Å². The zero-order valence-electron chi connectivity index (χ0n) is 12.2. The van der Waals surface area contributed by atoms with Crippen molar-refractivity contribution >= 4 is 0 Å². The van der Waals surface area contributed by atoms with Gasteiger partial charge in [-0.15, -0.1) is 0 Å². The van der Waals surface area contributed by atoms with Gasteiger partial charge >= 0.3 is 0 Å². The highest BCUT2D eigenvalue weighted by molar-refractivity contribution is 5.02. The van der Waals surface area contributed by atoms with E-state index in [9.17, 15) is 0 Å². The molecule has 0 radical (unpaired) electrons. The molecule has 3 unspecified atom stereocenters. The van der Waals surface area contributed by atoms with Crippen LogP contribution in [0.1, 0.15) is 45.4 Å². The van der Waals surface area contributed by atoms with E-state index in [0.29, 0.717) is 6.04 Å². The topological polar surface area (TPSA) is 42.7 Å². The van der Waals surface area contributed by atoms with Gasteiger partial charge in [-0.3, -0.25) is 4.68 Å². The van der Waals surface area contributed by atoms with Crippen molar-refractivity contribution in [2.45, 2.75) is 58.5 Å². The quantitative estimate of drug-likeness (QED) is 0.819. The van der Waals surface area contributed by atoms with Crippen LogP contribution < -0.4 is 5.32 Å². The minimum atomic E-state index is 0.595. The van der Waals surface area contributed by atoms with Crippen LogP contribution in [0.4, 0.5) is 0 Å². The number of rotatable bonds is 7. The lowest BCUT2D eigenvalue weighted by Crippen LogP contribution is -2.38. The maximum atomic E-state index is 4.47. The van der Waals surface area contributed by atoms with Crippen molar-refractivity contribution in [1.82, 2.24) is 20.1 Å². The lowest BCUT2D eigenvalue weighted by Gasteiger charge is -2.25. The molecule has 1 N–H and O–H groups in total. The molecule has 1 aromatic heterocycles. The van der Waals surface area contributed by atoms with Crippen LogP contribution in [-0.2, 0) is 13.0 Å². The summed E-state index contributed by atoms with van der Waals surface area (Å²) in [7, 11) is 0. The molecule has 1 aromatic rings. The van der Waals surface area contributed by atoms with E-state index in [1.165, 1.54) is 19.3 Å². The molecule has 0 bridgehead atoms. The lowest BCUT2D eigenvalue weighted by atomic mass is 9.92. The molecule has 0 aliphatic heterocycles. The van der Waals surface area contributed by atoms with Gasteiger partial charge in [-0.05, 0) is 50.0 Å². The van der Waals surface area contributed by atoms with Crippen molar-refractivity contribution in [2.24, 2.45) is 17.8 Å². The molecule has 0 aromatic carbocycles. The van der Waals surface area contributed by atoms with Crippen molar-refractivity contribution < 1.29 is 0 Å². The van der Waals surface area contributed by atoms with Crippen LogP contribution in [0.5, 0.6) is 0 Å². The first-order valence-electron chi connectivity index (χ1n) is 7.91. The van der Waals surface area contributed by atoms with Gasteiger partial charge in [0, 0.05) is 19.0 Å². The Kier molecular flexibility index (Phi) is 3.87. The molecule has 4 heteroatoms. The Balaban J connectivity index is 1.64. The van der Waals surface area contributed by atoms with Crippen molar-refractivity contribution in [3.05, 3.63) is 12.2 Å². The third-order valence-corrected chi connectivity index (χ3v) is 4.85. The van der Waals surface area contributed by atoms with Gasteiger partial charge in [0.05, 0.1) is 0 Å². The number of nitrogens with zero attached hydrogens (tertiary/aromatic N) is 3. The molecule has 0 saturated heterocycles. The van der Waals surface area contributed by atoms with Crippen molar-refractivity contribution in [3.8, 4) is 0 Å². The lowest BCUT2D eigenvalue weighted by molar-refractivity contribution is 0.328. The second kappa shape index (κ2) is 5.61. The van der Waals surface area contributed by atoms with Crippen molar-refractivity contribution in [3.63, 3.8) is 0 Å². The maximum Gasteiger partial charge on any atom is 0.138 e. The van der Waals surface area contributed by atoms with Crippen LogP contribution in [-0.4, -0.2) is 27.4 Å². The van der Waals surface area contributed by atoms with Crippen LogP contribution in [0, 0.1) is 17.8 Å². The van der Waals surface area contributed by atoms with E-state index >= 15 is 0 Å². The Hall–Kier alpha value is -0.900. The van der Waals surface area contributed by atoms with E-state index in [4.69, 9.17) is 0 Å². The Morgan fingerprint density at radius 3 is 2.79 bits per heavy atom. The SMILES string of the molecule is CCCn1ncnc1CC(NCC)C1CC2CC2C1. The highest BCUT2D eigenvalue weighted by Gasteiger charge is 2.47. The van der Waals surface area contributed by atoms with E-state index in [-0.39, 0.29) is 0 Å². The molecule has 0 spiro atoms. The summed E-state index contributed by atoms with van der Waals surface area (Å²) < 4.78 is 2.08. The molecule has 1 heterocycles. The molecule has 3 atom stereocenters. The zero-order chi connectivity index (χ0) is 13.2. The summed E-state index contributed by atoms with van der Waals surface area (Å²) in [4.78, 5) is 4.47.